The lowest BCUT2D eigenvalue weighted by Gasteiger charge is -2.12. The van der Waals surface area contributed by atoms with Crippen LogP contribution in [0.5, 0.6) is 5.75 Å². The third-order valence-electron chi connectivity index (χ3n) is 4.58. The van der Waals surface area contributed by atoms with Gasteiger partial charge in [0.25, 0.3) is 5.91 Å². The highest BCUT2D eigenvalue weighted by molar-refractivity contribution is 14.0. The van der Waals surface area contributed by atoms with Gasteiger partial charge in [0.05, 0.1) is 26.0 Å². The third-order valence-corrected chi connectivity index (χ3v) is 4.58. The fourth-order valence-corrected chi connectivity index (χ4v) is 2.99. The van der Waals surface area contributed by atoms with Crippen molar-refractivity contribution >= 4 is 35.8 Å². The number of aliphatic imine (C=N–C) groups is 1. The van der Waals surface area contributed by atoms with Crippen LogP contribution in [0.3, 0.4) is 0 Å². The van der Waals surface area contributed by atoms with Crippen LogP contribution in [0.4, 0.5) is 0 Å². The molecule has 1 heterocycles. The van der Waals surface area contributed by atoms with E-state index in [1.807, 2.05) is 61.5 Å². The smallest absolute Gasteiger partial charge is 0.251 e. The van der Waals surface area contributed by atoms with E-state index in [1.54, 1.807) is 18.4 Å². The number of hydrogen-bond donors (Lipinski definition) is 3. The van der Waals surface area contributed by atoms with Crippen molar-refractivity contribution in [1.82, 2.24) is 16.0 Å². The average Bonchev–Trinajstić information content (AvgIpc) is 3.35. The van der Waals surface area contributed by atoms with Gasteiger partial charge < -0.3 is 25.1 Å². The molecular formula is C25H31IN4O3. The van der Waals surface area contributed by atoms with Gasteiger partial charge in [-0.15, -0.1) is 24.0 Å². The summed E-state index contributed by atoms with van der Waals surface area (Å²) in [4.78, 5) is 17.0. The van der Waals surface area contributed by atoms with Crippen LogP contribution >= 0.6 is 24.0 Å². The predicted molar refractivity (Wildman–Crippen MR) is 141 cm³/mol. The molecule has 0 bridgehead atoms. The zero-order valence-electron chi connectivity index (χ0n) is 18.8. The molecule has 3 aromatic rings. The molecule has 0 radical (unpaired) electrons. The first-order valence-electron chi connectivity index (χ1n) is 10.8. The molecule has 7 nitrogen and oxygen atoms in total. The maximum Gasteiger partial charge on any atom is 0.251 e. The SMILES string of the molecule is CCNC(=NCc1cccc(C(=O)NCc2ccco2)c1)NCCCOc1ccccc1.I. The van der Waals surface area contributed by atoms with E-state index in [1.165, 1.54) is 0 Å². The largest absolute Gasteiger partial charge is 0.494 e. The molecule has 3 rings (SSSR count). The van der Waals surface area contributed by atoms with Crippen molar-refractivity contribution in [3.8, 4) is 5.75 Å². The first-order chi connectivity index (χ1) is 15.7. The van der Waals surface area contributed by atoms with Gasteiger partial charge in [0.2, 0.25) is 0 Å². The molecule has 0 aliphatic carbocycles. The van der Waals surface area contributed by atoms with Crippen LogP contribution in [-0.4, -0.2) is 31.6 Å². The highest BCUT2D eigenvalue weighted by Gasteiger charge is 2.07. The first kappa shape index (κ1) is 26.2. The molecule has 1 amide bonds. The summed E-state index contributed by atoms with van der Waals surface area (Å²) in [5, 5.41) is 9.42. The lowest BCUT2D eigenvalue weighted by molar-refractivity contribution is 0.0948. The standard InChI is InChI=1S/C25H30N4O3.HI/c1-2-26-25(27-14-8-16-31-22-11-4-3-5-12-22)29-18-20-9-6-10-21(17-20)24(30)28-19-23-13-7-15-32-23;/h3-7,9-13,15,17H,2,8,14,16,18-19H2,1H3,(H,28,30)(H2,26,27,29);1H. The quantitative estimate of drug-likeness (QED) is 0.140. The van der Waals surface area contributed by atoms with Crippen LogP contribution in [0, 0.1) is 0 Å². The molecule has 0 saturated heterocycles. The van der Waals surface area contributed by atoms with Gasteiger partial charge in [0, 0.05) is 18.7 Å². The van der Waals surface area contributed by atoms with E-state index in [2.05, 4.69) is 20.9 Å². The van der Waals surface area contributed by atoms with Crippen molar-refractivity contribution in [2.75, 3.05) is 19.7 Å². The Bertz CT molecular complexity index is 978. The van der Waals surface area contributed by atoms with Gasteiger partial charge in [0.15, 0.2) is 5.96 Å². The molecule has 2 aromatic carbocycles. The zero-order valence-corrected chi connectivity index (χ0v) is 21.1. The van der Waals surface area contributed by atoms with Gasteiger partial charge in [-0.2, -0.15) is 0 Å². The lowest BCUT2D eigenvalue weighted by atomic mass is 10.1. The number of amides is 1. The Balaban J connectivity index is 0.00000385. The second-order valence-corrected chi connectivity index (χ2v) is 7.10. The van der Waals surface area contributed by atoms with E-state index in [-0.39, 0.29) is 29.9 Å². The Hall–Kier alpha value is -3.01. The van der Waals surface area contributed by atoms with E-state index >= 15 is 0 Å². The number of carbonyl (C=O) groups excluding carboxylic acids is 1. The number of furan rings is 1. The number of guanidine groups is 1. The molecule has 0 saturated carbocycles. The summed E-state index contributed by atoms with van der Waals surface area (Å²) in [5.41, 5.74) is 1.56. The molecule has 0 aliphatic rings. The van der Waals surface area contributed by atoms with Crippen LogP contribution in [0.15, 0.2) is 82.4 Å². The average molecular weight is 562 g/mol. The maximum absolute atomic E-state index is 12.4. The number of hydrogen-bond acceptors (Lipinski definition) is 4. The van der Waals surface area contributed by atoms with E-state index in [0.29, 0.717) is 25.3 Å². The number of carbonyl (C=O) groups is 1. The number of benzene rings is 2. The summed E-state index contributed by atoms with van der Waals surface area (Å²) < 4.78 is 11.0. The normalized spacial score (nSPS) is 10.8. The molecule has 176 valence electrons. The first-order valence-corrected chi connectivity index (χ1v) is 10.8. The molecule has 3 N–H and O–H groups in total. The van der Waals surface area contributed by atoms with Gasteiger partial charge in [-0.3, -0.25) is 4.79 Å². The molecule has 33 heavy (non-hydrogen) atoms. The Morgan fingerprint density at radius 3 is 2.61 bits per heavy atom. The van der Waals surface area contributed by atoms with Crippen LogP contribution in [0.1, 0.15) is 35.0 Å². The van der Waals surface area contributed by atoms with Crippen molar-refractivity contribution in [3.05, 3.63) is 89.9 Å². The number of rotatable bonds is 11. The van der Waals surface area contributed by atoms with E-state index in [0.717, 1.165) is 42.5 Å². The fraction of sp³-hybridized carbons (Fsp3) is 0.280. The van der Waals surface area contributed by atoms with E-state index in [9.17, 15) is 4.79 Å². The molecule has 0 fully saturated rings. The Kier molecular flexibility index (Phi) is 11.9. The Morgan fingerprint density at radius 2 is 1.85 bits per heavy atom. The molecule has 1 aromatic heterocycles. The number of ether oxygens (including phenoxy) is 1. The maximum atomic E-state index is 12.4. The second-order valence-electron chi connectivity index (χ2n) is 7.10. The van der Waals surface area contributed by atoms with Crippen molar-refractivity contribution in [3.63, 3.8) is 0 Å². The minimum atomic E-state index is -0.143. The summed E-state index contributed by atoms with van der Waals surface area (Å²) in [5.74, 6) is 2.19. The second kappa shape index (κ2) is 14.9. The molecule has 0 aliphatic heterocycles. The van der Waals surface area contributed by atoms with Crippen molar-refractivity contribution in [2.45, 2.75) is 26.4 Å². The molecule has 0 unspecified atom stereocenters. The highest BCUT2D eigenvalue weighted by atomic mass is 127. The van der Waals surface area contributed by atoms with Gasteiger partial charge in [0.1, 0.15) is 11.5 Å². The zero-order chi connectivity index (χ0) is 22.4. The summed E-state index contributed by atoms with van der Waals surface area (Å²) >= 11 is 0. The summed E-state index contributed by atoms with van der Waals surface area (Å²) in [6.45, 7) is 4.99. The number of nitrogens with one attached hydrogen (secondary N) is 3. The number of para-hydroxylation sites is 1. The van der Waals surface area contributed by atoms with Crippen molar-refractivity contribution in [2.24, 2.45) is 4.99 Å². The summed E-state index contributed by atoms with van der Waals surface area (Å²) in [6.07, 6.45) is 2.44. The molecule has 0 spiro atoms. The van der Waals surface area contributed by atoms with Crippen LogP contribution in [0.2, 0.25) is 0 Å². The van der Waals surface area contributed by atoms with E-state index in [4.69, 9.17) is 9.15 Å². The molecular weight excluding hydrogens is 531 g/mol. The summed E-state index contributed by atoms with van der Waals surface area (Å²) in [7, 11) is 0. The van der Waals surface area contributed by atoms with Gasteiger partial charge >= 0.3 is 0 Å². The van der Waals surface area contributed by atoms with Gasteiger partial charge in [-0.25, -0.2) is 4.99 Å². The van der Waals surface area contributed by atoms with Crippen LogP contribution in [-0.2, 0) is 13.1 Å². The van der Waals surface area contributed by atoms with Crippen molar-refractivity contribution in [1.29, 1.82) is 0 Å². The molecule has 8 heteroatoms. The summed E-state index contributed by atoms with van der Waals surface area (Å²) in [6, 6.07) is 20.9. The molecule has 0 atom stereocenters. The van der Waals surface area contributed by atoms with Gasteiger partial charge in [-0.1, -0.05) is 30.3 Å². The van der Waals surface area contributed by atoms with Crippen LogP contribution < -0.4 is 20.7 Å². The predicted octanol–water partition coefficient (Wildman–Crippen LogP) is 4.35. The number of nitrogens with zero attached hydrogens (tertiary/aromatic N) is 1. The Morgan fingerprint density at radius 1 is 1.00 bits per heavy atom. The minimum Gasteiger partial charge on any atom is -0.494 e. The topological polar surface area (TPSA) is 87.9 Å². The van der Waals surface area contributed by atoms with E-state index < -0.39 is 0 Å². The highest BCUT2D eigenvalue weighted by Crippen LogP contribution is 2.09. The number of halogens is 1. The fourth-order valence-electron chi connectivity index (χ4n) is 2.99. The van der Waals surface area contributed by atoms with Crippen molar-refractivity contribution < 1.29 is 13.9 Å². The van der Waals surface area contributed by atoms with Gasteiger partial charge in [-0.05, 0) is 55.3 Å². The van der Waals surface area contributed by atoms with Crippen LogP contribution in [0.25, 0.3) is 0 Å². The monoisotopic (exact) mass is 562 g/mol. The Labute approximate surface area is 212 Å². The third kappa shape index (κ3) is 9.56. The lowest BCUT2D eigenvalue weighted by Crippen LogP contribution is -2.38. The minimum absolute atomic E-state index is 0.